The molecule has 0 radical (unpaired) electrons. The number of allylic oxidation sites excluding steroid dienone is 7. The van der Waals surface area contributed by atoms with Crippen LogP contribution in [-0.4, -0.2) is 40.5 Å². The van der Waals surface area contributed by atoms with Crippen LogP contribution in [0.5, 0.6) is 0 Å². The molecule has 1 aliphatic carbocycles. The molecule has 0 unspecified atom stereocenters. The zero-order chi connectivity index (χ0) is 24.8. The number of alkyl halides is 3. The monoisotopic (exact) mass is 469 g/mol. The van der Waals surface area contributed by atoms with Crippen LogP contribution in [0.3, 0.4) is 0 Å². The summed E-state index contributed by atoms with van der Waals surface area (Å²) in [5.74, 6) is -0.362. The molecule has 1 N–H and O–H groups in total. The second-order valence-electron chi connectivity index (χ2n) is 6.97. The maximum Gasteiger partial charge on any atom is 0.433 e. The van der Waals surface area contributed by atoms with Crippen LogP contribution in [0.25, 0.3) is 5.70 Å². The third-order valence-corrected chi connectivity index (χ3v) is 4.23. The van der Waals surface area contributed by atoms with Gasteiger partial charge in [-0.25, -0.2) is 4.68 Å². The quantitative estimate of drug-likeness (QED) is 0.370. The lowest BCUT2D eigenvalue weighted by atomic mass is 10.2. The fourth-order valence-corrected chi connectivity index (χ4v) is 2.74. The van der Waals surface area contributed by atoms with Crippen LogP contribution in [-0.2, 0) is 11.0 Å². The van der Waals surface area contributed by atoms with Gasteiger partial charge >= 0.3 is 6.18 Å². The summed E-state index contributed by atoms with van der Waals surface area (Å²) in [5, 5.41) is 6.60. The summed E-state index contributed by atoms with van der Waals surface area (Å²) in [6.07, 6.45) is 14.7. The van der Waals surface area contributed by atoms with Crippen molar-refractivity contribution in [3.05, 3.63) is 102 Å². The zero-order valence-electron chi connectivity index (χ0n) is 18.9. The van der Waals surface area contributed by atoms with Crippen molar-refractivity contribution >= 4 is 17.8 Å². The van der Waals surface area contributed by atoms with Crippen LogP contribution in [0.4, 0.5) is 13.2 Å². The number of rotatable bonds is 6. The van der Waals surface area contributed by atoms with E-state index in [0.717, 1.165) is 22.7 Å². The highest BCUT2D eigenvalue weighted by molar-refractivity contribution is 6.03. The maximum absolute atomic E-state index is 13.2. The molecule has 178 valence electrons. The Morgan fingerprint density at radius 2 is 2.00 bits per heavy atom. The number of nitrogens with one attached hydrogen (secondary N) is 1. The van der Waals surface area contributed by atoms with Gasteiger partial charge in [0, 0.05) is 38.3 Å². The average Bonchev–Trinajstić information content (AvgIpc) is 3.03. The molecule has 0 saturated carbocycles. The van der Waals surface area contributed by atoms with Gasteiger partial charge in [0.25, 0.3) is 0 Å². The molecule has 0 bridgehead atoms. The number of nitrogens with zero attached hydrogens (tertiary/aromatic N) is 4. The van der Waals surface area contributed by atoms with E-state index >= 15 is 0 Å². The summed E-state index contributed by atoms with van der Waals surface area (Å²) in [5.41, 5.74) is 0.357. The lowest BCUT2D eigenvalue weighted by molar-refractivity contribution is -0.142. The molecule has 1 amide bonds. The van der Waals surface area contributed by atoms with Crippen molar-refractivity contribution in [1.29, 1.82) is 0 Å². The first-order valence-corrected chi connectivity index (χ1v) is 10.4. The molecule has 2 aromatic heterocycles. The summed E-state index contributed by atoms with van der Waals surface area (Å²) >= 11 is 0. The van der Waals surface area contributed by atoms with Crippen LogP contribution in [0.2, 0.25) is 0 Å². The van der Waals surface area contributed by atoms with Gasteiger partial charge in [-0.3, -0.25) is 14.8 Å². The minimum Gasteiger partial charge on any atom is -0.348 e. The van der Waals surface area contributed by atoms with E-state index in [-0.39, 0.29) is 17.3 Å². The van der Waals surface area contributed by atoms with Crippen LogP contribution >= 0.6 is 0 Å². The lowest BCUT2D eigenvalue weighted by Gasteiger charge is -2.10. The van der Waals surface area contributed by atoms with E-state index in [1.807, 2.05) is 48.6 Å². The van der Waals surface area contributed by atoms with E-state index in [4.69, 9.17) is 0 Å². The number of aryl methyl sites for hydroxylation is 1. The lowest BCUT2D eigenvalue weighted by Crippen LogP contribution is -2.23. The summed E-state index contributed by atoms with van der Waals surface area (Å²) in [4.78, 5) is 19.5. The first-order valence-electron chi connectivity index (χ1n) is 10.4. The molecule has 34 heavy (non-hydrogen) atoms. The maximum atomic E-state index is 13.2. The predicted molar refractivity (Wildman–Crippen MR) is 128 cm³/mol. The number of hydrogen-bond donors (Lipinski definition) is 1. The fraction of sp³-hybridized carbons (Fsp3) is 0.200. The van der Waals surface area contributed by atoms with E-state index in [1.54, 1.807) is 12.4 Å². The number of carbonyl (C=O) groups excluding carboxylic acids is 1. The second-order valence-corrected chi connectivity index (χ2v) is 6.97. The third-order valence-electron chi connectivity index (χ3n) is 4.23. The first-order chi connectivity index (χ1) is 16.3. The van der Waals surface area contributed by atoms with Crippen molar-refractivity contribution in [3.8, 4) is 0 Å². The summed E-state index contributed by atoms with van der Waals surface area (Å²) < 4.78 is 40.3. The first kappa shape index (κ1) is 26.2. The van der Waals surface area contributed by atoms with Gasteiger partial charge in [0.05, 0.1) is 11.4 Å². The van der Waals surface area contributed by atoms with E-state index in [2.05, 4.69) is 20.4 Å². The molecule has 0 fully saturated rings. The van der Waals surface area contributed by atoms with Gasteiger partial charge < -0.3 is 5.32 Å². The van der Waals surface area contributed by atoms with Crippen molar-refractivity contribution in [1.82, 2.24) is 20.1 Å². The van der Waals surface area contributed by atoms with Crippen LogP contribution in [0.15, 0.2) is 95.8 Å². The third kappa shape index (κ3) is 9.23. The Morgan fingerprint density at radius 3 is 2.62 bits per heavy atom. The van der Waals surface area contributed by atoms with Gasteiger partial charge in [0.15, 0.2) is 0 Å². The van der Waals surface area contributed by atoms with E-state index in [9.17, 15) is 18.0 Å². The van der Waals surface area contributed by atoms with E-state index in [0.29, 0.717) is 6.54 Å². The predicted octanol–water partition coefficient (Wildman–Crippen LogP) is 4.95. The van der Waals surface area contributed by atoms with Crippen molar-refractivity contribution < 1.29 is 18.0 Å². The summed E-state index contributed by atoms with van der Waals surface area (Å²) in [6, 6.07) is 6.67. The van der Waals surface area contributed by atoms with Crippen LogP contribution < -0.4 is 5.32 Å². The highest BCUT2D eigenvalue weighted by Gasteiger charge is 2.36. The topological polar surface area (TPSA) is 72.2 Å². The average molecular weight is 470 g/mol. The summed E-state index contributed by atoms with van der Waals surface area (Å²) in [7, 11) is 1.44. The fourth-order valence-electron chi connectivity index (χ4n) is 2.74. The minimum absolute atomic E-state index is 0.0894. The SMILES string of the molecule is CN=C/C(=C\C=C\C(=O)NCC1=CC=CCC=C1)n1nc(C)cc1C(F)(F)F.c1ccncc1. The van der Waals surface area contributed by atoms with Gasteiger partial charge in [-0.05, 0) is 43.2 Å². The van der Waals surface area contributed by atoms with E-state index in [1.165, 1.54) is 38.4 Å². The Hall–Kier alpha value is -4.01. The minimum atomic E-state index is -4.56. The molecule has 2 heterocycles. The Kier molecular flexibility index (Phi) is 10.4. The Bertz CT molecular complexity index is 1080. The van der Waals surface area contributed by atoms with Crippen molar-refractivity contribution in [3.63, 3.8) is 0 Å². The number of amides is 1. The number of aromatic nitrogens is 3. The normalized spacial score (nSPS) is 14.0. The van der Waals surface area contributed by atoms with Crippen molar-refractivity contribution in [2.24, 2.45) is 4.99 Å². The molecule has 0 spiro atoms. The molecular weight excluding hydrogens is 443 g/mol. The highest BCUT2D eigenvalue weighted by atomic mass is 19.4. The smallest absolute Gasteiger partial charge is 0.348 e. The molecule has 0 aromatic carbocycles. The summed E-state index contributed by atoms with van der Waals surface area (Å²) in [6.45, 7) is 1.83. The van der Waals surface area contributed by atoms with Crippen LogP contribution in [0.1, 0.15) is 17.8 Å². The van der Waals surface area contributed by atoms with E-state index < -0.39 is 11.9 Å². The molecule has 6 nitrogen and oxygen atoms in total. The molecule has 1 aliphatic rings. The zero-order valence-corrected chi connectivity index (χ0v) is 18.9. The standard InChI is InChI=1S/C20H21F3N4O.C5H5N/c1-15-12-18(20(21,22)23)27(26-15)17(14-24-2)10-7-11-19(28)25-13-16-8-5-3-4-6-9-16;1-2-4-6-5-3-1/h3,5-12,14H,4,13H2,1-2H3,(H,25,28);1-5H/b11-7+,17-10+,24-14?;. The van der Waals surface area contributed by atoms with Gasteiger partial charge in [0.1, 0.15) is 5.69 Å². The van der Waals surface area contributed by atoms with Gasteiger partial charge in [-0.2, -0.15) is 18.3 Å². The Morgan fingerprint density at radius 1 is 1.24 bits per heavy atom. The van der Waals surface area contributed by atoms with Gasteiger partial charge in [0.2, 0.25) is 5.91 Å². The molecule has 0 aliphatic heterocycles. The molecule has 2 aromatic rings. The largest absolute Gasteiger partial charge is 0.433 e. The molecule has 0 saturated heterocycles. The number of halogens is 3. The molecule has 9 heteroatoms. The highest BCUT2D eigenvalue weighted by Crippen LogP contribution is 2.31. The second kappa shape index (κ2) is 13.5. The van der Waals surface area contributed by atoms with Crippen LogP contribution in [0, 0.1) is 6.92 Å². The Labute approximate surface area is 196 Å². The Balaban J connectivity index is 0.000000589. The number of aliphatic imine (C=N–C) groups is 1. The molecular formula is C25H26F3N5O. The molecule has 3 rings (SSSR count). The number of pyridine rings is 1. The van der Waals surface area contributed by atoms with Crippen molar-refractivity contribution in [2.75, 3.05) is 13.6 Å². The van der Waals surface area contributed by atoms with Crippen molar-refractivity contribution in [2.45, 2.75) is 19.5 Å². The van der Waals surface area contributed by atoms with Gasteiger partial charge in [-0.1, -0.05) is 42.5 Å². The van der Waals surface area contributed by atoms with Gasteiger partial charge in [-0.15, -0.1) is 0 Å². The number of carbonyl (C=O) groups is 1. The molecule has 0 atom stereocenters. The number of hydrogen-bond acceptors (Lipinski definition) is 4.